The van der Waals surface area contributed by atoms with Crippen molar-refractivity contribution in [2.24, 2.45) is 0 Å². The lowest BCUT2D eigenvalue weighted by atomic mass is 10.1. The van der Waals surface area contributed by atoms with Gasteiger partial charge in [-0.2, -0.15) is 0 Å². The molecular formula is C21H15F2N2O4. The van der Waals surface area contributed by atoms with Gasteiger partial charge in [0.25, 0.3) is 0 Å². The van der Waals surface area contributed by atoms with E-state index in [0.29, 0.717) is 17.1 Å². The van der Waals surface area contributed by atoms with E-state index in [9.17, 15) is 13.6 Å². The summed E-state index contributed by atoms with van der Waals surface area (Å²) < 4.78 is 43.6. The molecule has 0 unspecified atom stereocenters. The molecule has 1 aromatic heterocycles. The minimum absolute atomic E-state index is 0.0412. The van der Waals surface area contributed by atoms with Gasteiger partial charge in [-0.25, -0.2) is 18.7 Å². The smallest absolute Gasteiger partial charge is 0.237 e. The van der Waals surface area contributed by atoms with Gasteiger partial charge in [-0.05, 0) is 25.1 Å². The molecule has 0 aliphatic heterocycles. The number of rotatable bonds is 7. The van der Waals surface area contributed by atoms with Gasteiger partial charge in [-0.3, -0.25) is 4.79 Å². The summed E-state index contributed by atoms with van der Waals surface area (Å²) in [6.45, 7) is 1.62. The molecule has 0 spiro atoms. The first kappa shape index (κ1) is 19.9. The van der Waals surface area contributed by atoms with Crippen molar-refractivity contribution in [2.75, 3.05) is 7.11 Å². The summed E-state index contributed by atoms with van der Waals surface area (Å²) >= 11 is 0. The molecular weight excluding hydrogens is 382 g/mol. The second-order valence-electron chi connectivity index (χ2n) is 5.68. The van der Waals surface area contributed by atoms with E-state index in [1.54, 1.807) is 31.2 Å². The summed E-state index contributed by atoms with van der Waals surface area (Å²) in [7, 11) is 1.44. The van der Waals surface area contributed by atoms with Crippen LogP contribution in [0.15, 0.2) is 60.6 Å². The highest BCUT2D eigenvalue weighted by molar-refractivity contribution is 6.09. The van der Waals surface area contributed by atoms with Crippen molar-refractivity contribution in [3.8, 4) is 23.3 Å². The van der Waals surface area contributed by atoms with Crippen LogP contribution in [0.5, 0.6) is 23.3 Å². The number of ether oxygens (including phenoxy) is 3. The molecule has 0 bridgehead atoms. The molecule has 0 aliphatic carbocycles. The van der Waals surface area contributed by atoms with Crippen LogP contribution in [-0.4, -0.2) is 23.4 Å². The van der Waals surface area contributed by atoms with Crippen LogP contribution < -0.4 is 9.47 Å². The maximum atomic E-state index is 13.8. The highest BCUT2D eigenvalue weighted by Gasteiger charge is 2.16. The Labute approximate surface area is 165 Å². The Hall–Kier alpha value is -3.81. The van der Waals surface area contributed by atoms with Gasteiger partial charge in [0.1, 0.15) is 17.8 Å². The molecule has 147 valence electrons. The number of carbonyl (C=O) groups excluding carboxylic acids is 1. The Bertz CT molecular complexity index is 1050. The number of methoxy groups -OCH3 is 1. The molecule has 0 saturated carbocycles. The summed E-state index contributed by atoms with van der Waals surface area (Å²) in [6.07, 6.45) is 2.96. The maximum Gasteiger partial charge on any atom is 0.237 e. The third-order valence-corrected chi connectivity index (χ3v) is 3.87. The van der Waals surface area contributed by atoms with Crippen molar-refractivity contribution in [1.82, 2.24) is 9.97 Å². The first-order chi connectivity index (χ1) is 14.0. The highest BCUT2D eigenvalue weighted by atomic mass is 19.1. The standard InChI is InChI=1S/C21H15F2N2O4/c1-13(27-2)15(11-26)14-6-3-4-9-18(14)28-19-10-20(25-12-24-19)29-21-16(22)7-5-8-17(21)23/h3-10,12H,1-2H3/b15-13-. The average Bonchev–Trinajstić information content (AvgIpc) is 2.73. The number of benzene rings is 2. The van der Waals surface area contributed by atoms with Crippen molar-refractivity contribution in [2.45, 2.75) is 6.92 Å². The zero-order chi connectivity index (χ0) is 20.8. The van der Waals surface area contributed by atoms with E-state index < -0.39 is 17.4 Å². The summed E-state index contributed by atoms with van der Waals surface area (Å²) in [5.74, 6) is -1.76. The molecule has 3 aromatic rings. The molecule has 0 aliphatic rings. The molecule has 2 aromatic carbocycles. The zero-order valence-electron chi connectivity index (χ0n) is 15.5. The normalized spacial score (nSPS) is 11.4. The van der Waals surface area contributed by atoms with Crippen LogP contribution in [0.4, 0.5) is 8.78 Å². The number of aromatic nitrogens is 2. The lowest BCUT2D eigenvalue weighted by Gasteiger charge is -2.12. The lowest BCUT2D eigenvalue weighted by molar-refractivity contribution is 0.296. The molecule has 1 heterocycles. The van der Waals surface area contributed by atoms with Gasteiger partial charge < -0.3 is 14.2 Å². The minimum atomic E-state index is -0.872. The molecule has 6 nitrogen and oxygen atoms in total. The minimum Gasteiger partial charge on any atom is -0.501 e. The zero-order valence-corrected chi connectivity index (χ0v) is 15.5. The van der Waals surface area contributed by atoms with E-state index in [0.717, 1.165) is 18.5 Å². The van der Waals surface area contributed by atoms with Crippen molar-refractivity contribution in [1.29, 1.82) is 0 Å². The van der Waals surface area contributed by atoms with Crippen LogP contribution in [0.3, 0.4) is 0 Å². The first-order valence-corrected chi connectivity index (χ1v) is 8.37. The van der Waals surface area contributed by atoms with E-state index in [4.69, 9.17) is 14.2 Å². The van der Waals surface area contributed by atoms with Crippen LogP contribution >= 0.6 is 0 Å². The van der Waals surface area contributed by atoms with Crippen LogP contribution in [0.1, 0.15) is 12.5 Å². The van der Waals surface area contributed by atoms with E-state index in [1.165, 1.54) is 19.2 Å². The number of nitrogens with zero attached hydrogens (tertiary/aromatic N) is 2. The average molecular weight is 397 g/mol. The third-order valence-electron chi connectivity index (χ3n) is 3.87. The first-order valence-electron chi connectivity index (χ1n) is 8.37. The van der Waals surface area contributed by atoms with Gasteiger partial charge in [-0.1, -0.05) is 24.3 Å². The number of halogens is 2. The molecule has 29 heavy (non-hydrogen) atoms. The van der Waals surface area contributed by atoms with Crippen LogP contribution in [0.25, 0.3) is 5.57 Å². The highest BCUT2D eigenvalue weighted by Crippen LogP contribution is 2.32. The van der Waals surface area contributed by atoms with Crippen molar-refractivity contribution in [3.63, 3.8) is 0 Å². The van der Waals surface area contributed by atoms with Gasteiger partial charge in [0, 0.05) is 5.56 Å². The number of hydrogen-bond donors (Lipinski definition) is 0. The predicted octanol–water partition coefficient (Wildman–Crippen LogP) is 4.83. The van der Waals surface area contributed by atoms with Gasteiger partial charge in [0.05, 0.1) is 18.7 Å². The van der Waals surface area contributed by atoms with Crippen molar-refractivity contribution < 1.29 is 27.8 Å². The third kappa shape index (κ3) is 4.55. The van der Waals surface area contributed by atoms with Crippen LogP contribution in [0.2, 0.25) is 0 Å². The lowest BCUT2D eigenvalue weighted by Crippen LogP contribution is -1.99. The second kappa shape index (κ2) is 8.92. The molecule has 3 rings (SSSR count). The number of allylic oxidation sites excluding steroid dienone is 2. The van der Waals surface area contributed by atoms with E-state index in [2.05, 4.69) is 9.97 Å². The number of para-hydroxylation sites is 2. The summed E-state index contributed by atoms with van der Waals surface area (Å²) in [5, 5.41) is 0. The topological polar surface area (TPSA) is 70.5 Å². The van der Waals surface area contributed by atoms with E-state index in [-0.39, 0.29) is 17.3 Å². The molecule has 0 amide bonds. The fourth-order valence-corrected chi connectivity index (χ4v) is 2.41. The summed E-state index contributed by atoms with van der Waals surface area (Å²) in [4.78, 5) is 19.2. The SMILES string of the molecule is CO/C(C)=C(/[C]=O)c1ccccc1Oc1cc(Oc2c(F)cccc2F)ncn1. The van der Waals surface area contributed by atoms with Crippen LogP contribution in [-0.2, 0) is 9.53 Å². The van der Waals surface area contributed by atoms with Crippen LogP contribution in [0, 0.1) is 11.6 Å². The largest absolute Gasteiger partial charge is 0.501 e. The number of hydrogen-bond acceptors (Lipinski definition) is 6. The molecule has 0 atom stereocenters. The van der Waals surface area contributed by atoms with E-state index in [1.807, 2.05) is 6.29 Å². The second-order valence-corrected chi connectivity index (χ2v) is 5.68. The summed E-state index contributed by atoms with van der Waals surface area (Å²) in [6, 6.07) is 11.3. The van der Waals surface area contributed by atoms with E-state index >= 15 is 0 Å². The van der Waals surface area contributed by atoms with Crippen molar-refractivity contribution >= 4 is 11.9 Å². The monoisotopic (exact) mass is 397 g/mol. The van der Waals surface area contributed by atoms with Gasteiger partial charge in [-0.15, -0.1) is 0 Å². The van der Waals surface area contributed by atoms with Gasteiger partial charge in [0.2, 0.25) is 23.8 Å². The Morgan fingerprint density at radius 3 is 2.28 bits per heavy atom. The Balaban J connectivity index is 1.91. The quantitative estimate of drug-likeness (QED) is 0.420. The predicted molar refractivity (Wildman–Crippen MR) is 100 cm³/mol. The molecule has 0 fully saturated rings. The summed E-state index contributed by atoms with van der Waals surface area (Å²) in [5.41, 5.74) is 0.616. The maximum absolute atomic E-state index is 13.8. The molecule has 0 saturated heterocycles. The Morgan fingerprint density at radius 2 is 1.62 bits per heavy atom. The fourth-order valence-electron chi connectivity index (χ4n) is 2.41. The molecule has 8 heteroatoms. The fraction of sp³-hybridized carbons (Fsp3) is 0.0952. The Morgan fingerprint density at radius 1 is 0.966 bits per heavy atom. The van der Waals surface area contributed by atoms with Gasteiger partial charge >= 0.3 is 0 Å². The van der Waals surface area contributed by atoms with Crippen molar-refractivity contribution in [3.05, 3.63) is 77.8 Å². The Kier molecular flexibility index (Phi) is 6.13. The van der Waals surface area contributed by atoms with Gasteiger partial charge in [0.15, 0.2) is 11.6 Å². The molecule has 1 radical (unpaired) electrons. The molecule has 0 N–H and O–H groups in total.